The molecule has 0 aliphatic heterocycles. The molecule has 0 heterocycles. The number of amides is 1. The van der Waals surface area contributed by atoms with Gasteiger partial charge in [-0.05, 0) is 30.0 Å². The van der Waals surface area contributed by atoms with E-state index >= 15 is 0 Å². The van der Waals surface area contributed by atoms with Crippen LogP contribution in [0.3, 0.4) is 0 Å². The van der Waals surface area contributed by atoms with E-state index in [-0.39, 0.29) is 5.91 Å². The van der Waals surface area contributed by atoms with E-state index in [9.17, 15) is 4.79 Å². The Kier molecular flexibility index (Phi) is 4.10. The van der Waals surface area contributed by atoms with Crippen LogP contribution in [0.2, 0.25) is 0 Å². The zero-order valence-corrected chi connectivity index (χ0v) is 9.34. The molecule has 2 nitrogen and oxygen atoms in total. The van der Waals surface area contributed by atoms with E-state index < -0.39 is 0 Å². The molecule has 0 fully saturated rings. The smallest absolute Gasteiger partial charge is 0.247 e. The first-order valence-electron chi connectivity index (χ1n) is 5.27. The van der Waals surface area contributed by atoms with Gasteiger partial charge in [-0.15, -0.1) is 0 Å². The summed E-state index contributed by atoms with van der Waals surface area (Å²) in [5, 5.41) is 2.87. The average Bonchev–Trinajstić information content (AvgIpc) is 2.29. The van der Waals surface area contributed by atoms with Gasteiger partial charge < -0.3 is 5.32 Å². The van der Waals surface area contributed by atoms with E-state index in [1.807, 2.05) is 18.2 Å². The third-order valence-electron chi connectivity index (χ3n) is 2.43. The second kappa shape index (κ2) is 5.35. The van der Waals surface area contributed by atoms with Gasteiger partial charge in [0, 0.05) is 5.69 Å². The molecule has 1 aromatic carbocycles. The Labute approximate surface area is 91.0 Å². The zero-order valence-electron chi connectivity index (χ0n) is 9.34. The van der Waals surface area contributed by atoms with Crippen molar-refractivity contribution in [2.75, 3.05) is 5.32 Å². The van der Waals surface area contributed by atoms with Crippen LogP contribution in [-0.4, -0.2) is 5.91 Å². The molecule has 0 spiro atoms. The lowest BCUT2D eigenvalue weighted by Gasteiger charge is -2.12. The highest BCUT2D eigenvalue weighted by Crippen LogP contribution is 2.22. The van der Waals surface area contributed by atoms with Gasteiger partial charge in [0.2, 0.25) is 5.91 Å². The average molecular weight is 203 g/mol. The summed E-state index contributed by atoms with van der Waals surface area (Å²) in [4.78, 5) is 11.3. The molecule has 0 saturated heterocycles. The van der Waals surface area contributed by atoms with Crippen LogP contribution in [-0.2, 0) is 17.6 Å². The number of nitrogens with one attached hydrogen (secondary N) is 1. The predicted molar refractivity (Wildman–Crippen MR) is 64.0 cm³/mol. The van der Waals surface area contributed by atoms with Crippen LogP contribution in [0.1, 0.15) is 25.0 Å². The highest BCUT2D eigenvalue weighted by atomic mass is 16.1. The van der Waals surface area contributed by atoms with Crippen molar-refractivity contribution >= 4 is 11.6 Å². The van der Waals surface area contributed by atoms with Crippen molar-refractivity contribution in [2.24, 2.45) is 0 Å². The number of rotatable bonds is 4. The zero-order chi connectivity index (χ0) is 11.3. The lowest BCUT2D eigenvalue weighted by Crippen LogP contribution is -2.11. The van der Waals surface area contributed by atoms with E-state index in [4.69, 9.17) is 0 Å². The molecule has 1 aromatic rings. The summed E-state index contributed by atoms with van der Waals surface area (Å²) in [7, 11) is 0. The Morgan fingerprint density at radius 3 is 2.27 bits per heavy atom. The monoisotopic (exact) mass is 203 g/mol. The van der Waals surface area contributed by atoms with Gasteiger partial charge in [-0.25, -0.2) is 0 Å². The third-order valence-corrected chi connectivity index (χ3v) is 2.43. The van der Waals surface area contributed by atoms with Gasteiger partial charge >= 0.3 is 0 Å². The quantitative estimate of drug-likeness (QED) is 0.749. The lowest BCUT2D eigenvalue weighted by atomic mass is 10.0. The molecule has 0 atom stereocenters. The summed E-state index contributed by atoms with van der Waals surface area (Å²) < 4.78 is 0. The first-order chi connectivity index (χ1) is 7.22. The van der Waals surface area contributed by atoms with Gasteiger partial charge in [0.25, 0.3) is 0 Å². The SMILES string of the molecule is C=CC(=O)Nc1c(CC)cccc1CC. The highest BCUT2D eigenvalue weighted by Gasteiger charge is 2.07. The Morgan fingerprint density at radius 1 is 1.33 bits per heavy atom. The molecule has 1 N–H and O–H groups in total. The van der Waals surface area contributed by atoms with Crippen molar-refractivity contribution in [2.45, 2.75) is 26.7 Å². The second-order valence-electron chi connectivity index (χ2n) is 3.35. The molecule has 15 heavy (non-hydrogen) atoms. The molecule has 0 aliphatic rings. The summed E-state index contributed by atoms with van der Waals surface area (Å²) in [5.74, 6) is -0.148. The Hall–Kier alpha value is -1.57. The highest BCUT2D eigenvalue weighted by molar-refractivity contribution is 6.00. The van der Waals surface area contributed by atoms with E-state index in [1.54, 1.807) is 0 Å². The standard InChI is InChI=1S/C13H17NO/c1-4-10-8-7-9-11(5-2)13(10)14-12(15)6-3/h6-9H,3-5H2,1-2H3,(H,14,15). The topological polar surface area (TPSA) is 29.1 Å². The van der Waals surface area contributed by atoms with Crippen LogP contribution < -0.4 is 5.32 Å². The number of aryl methyl sites for hydroxylation is 2. The van der Waals surface area contributed by atoms with Crippen molar-refractivity contribution in [3.8, 4) is 0 Å². The van der Waals surface area contributed by atoms with Gasteiger partial charge in [-0.1, -0.05) is 38.6 Å². The molecule has 0 radical (unpaired) electrons. The maximum Gasteiger partial charge on any atom is 0.247 e. The van der Waals surface area contributed by atoms with Gasteiger partial charge in [0.15, 0.2) is 0 Å². The molecule has 2 heteroatoms. The van der Waals surface area contributed by atoms with Crippen molar-refractivity contribution < 1.29 is 4.79 Å². The van der Waals surface area contributed by atoms with E-state index in [0.29, 0.717) is 0 Å². The van der Waals surface area contributed by atoms with Crippen LogP contribution in [0, 0.1) is 0 Å². The van der Waals surface area contributed by atoms with Crippen molar-refractivity contribution in [1.29, 1.82) is 0 Å². The molecular weight excluding hydrogens is 186 g/mol. The van der Waals surface area contributed by atoms with Crippen LogP contribution in [0.25, 0.3) is 0 Å². The lowest BCUT2D eigenvalue weighted by molar-refractivity contribution is -0.111. The molecule has 0 unspecified atom stereocenters. The third kappa shape index (κ3) is 2.69. The van der Waals surface area contributed by atoms with Crippen molar-refractivity contribution in [3.05, 3.63) is 42.0 Å². The maximum absolute atomic E-state index is 11.3. The van der Waals surface area contributed by atoms with Gasteiger partial charge in [-0.3, -0.25) is 4.79 Å². The fraction of sp³-hybridized carbons (Fsp3) is 0.308. The fourth-order valence-corrected chi connectivity index (χ4v) is 1.58. The molecule has 0 saturated carbocycles. The van der Waals surface area contributed by atoms with Crippen LogP contribution in [0.4, 0.5) is 5.69 Å². The summed E-state index contributed by atoms with van der Waals surface area (Å²) in [6.45, 7) is 7.62. The number of anilines is 1. The molecule has 0 aliphatic carbocycles. The van der Waals surface area contributed by atoms with Gasteiger partial charge in [-0.2, -0.15) is 0 Å². The number of benzene rings is 1. The fourth-order valence-electron chi connectivity index (χ4n) is 1.58. The summed E-state index contributed by atoms with van der Waals surface area (Å²) in [6, 6.07) is 6.11. The van der Waals surface area contributed by atoms with Crippen LogP contribution in [0.5, 0.6) is 0 Å². The van der Waals surface area contributed by atoms with E-state index in [0.717, 1.165) is 18.5 Å². The minimum Gasteiger partial charge on any atom is -0.322 e. The molecule has 0 bridgehead atoms. The minimum atomic E-state index is -0.148. The van der Waals surface area contributed by atoms with Crippen LogP contribution in [0.15, 0.2) is 30.9 Å². The Morgan fingerprint density at radius 2 is 1.87 bits per heavy atom. The molecule has 1 amide bonds. The second-order valence-corrected chi connectivity index (χ2v) is 3.35. The van der Waals surface area contributed by atoms with E-state index in [1.165, 1.54) is 17.2 Å². The Bertz CT molecular complexity index is 347. The van der Waals surface area contributed by atoms with Gasteiger partial charge in [0.1, 0.15) is 0 Å². The summed E-state index contributed by atoms with van der Waals surface area (Å²) in [6.07, 6.45) is 3.13. The number of carbonyl (C=O) groups is 1. The summed E-state index contributed by atoms with van der Waals surface area (Å²) in [5.41, 5.74) is 3.29. The normalized spacial score (nSPS) is 9.73. The van der Waals surface area contributed by atoms with Gasteiger partial charge in [0.05, 0.1) is 0 Å². The maximum atomic E-state index is 11.3. The van der Waals surface area contributed by atoms with Crippen molar-refractivity contribution in [3.63, 3.8) is 0 Å². The minimum absolute atomic E-state index is 0.148. The molecule has 0 aromatic heterocycles. The summed E-state index contributed by atoms with van der Waals surface area (Å²) >= 11 is 0. The molecule has 1 rings (SSSR count). The number of carbonyl (C=O) groups excluding carboxylic acids is 1. The predicted octanol–water partition coefficient (Wildman–Crippen LogP) is 2.94. The first-order valence-corrected chi connectivity index (χ1v) is 5.27. The molecule has 80 valence electrons. The largest absolute Gasteiger partial charge is 0.322 e. The first kappa shape index (κ1) is 11.5. The number of hydrogen-bond donors (Lipinski definition) is 1. The van der Waals surface area contributed by atoms with E-state index in [2.05, 4.69) is 25.7 Å². The Balaban J connectivity index is 3.10. The van der Waals surface area contributed by atoms with Crippen LogP contribution >= 0.6 is 0 Å². The van der Waals surface area contributed by atoms with Crippen molar-refractivity contribution in [1.82, 2.24) is 0 Å². The molecular formula is C13H17NO. The number of hydrogen-bond acceptors (Lipinski definition) is 1. The number of para-hydroxylation sites is 1.